The predicted molar refractivity (Wildman–Crippen MR) is 80.6 cm³/mol. The highest BCUT2D eigenvalue weighted by atomic mass is 79.9. The van der Waals surface area contributed by atoms with Crippen molar-refractivity contribution in [3.05, 3.63) is 16.4 Å². The van der Waals surface area contributed by atoms with Gasteiger partial charge in [-0.3, -0.25) is 9.48 Å². The van der Waals surface area contributed by atoms with E-state index in [-0.39, 0.29) is 11.8 Å². The summed E-state index contributed by atoms with van der Waals surface area (Å²) < 4.78 is 2.56. The lowest BCUT2D eigenvalue weighted by Gasteiger charge is -2.14. The molecule has 1 aromatic heterocycles. The van der Waals surface area contributed by atoms with Crippen molar-refractivity contribution in [2.75, 3.05) is 27.2 Å². The number of likely N-dealkylation sites (N-methyl/N-ethyl adjacent to an activating group) is 1. The summed E-state index contributed by atoms with van der Waals surface area (Å²) in [7, 11) is 4.01. The molecule has 0 amide bonds. The van der Waals surface area contributed by atoms with Crippen LogP contribution in [-0.2, 0) is 6.54 Å². The summed E-state index contributed by atoms with van der Waals surface area (Å²) in [5.41, 5.74) is 0.673. The smallest absolute Gasteiger partial charge is 0.183 e. The van der Waals surface area contributed by atoms with Crippen LogP contribution >= 0.6 is 15.9 Å². The Kier molecular flexibility index (Phi) is 6.68. The molecule has 5 nitrogen and oxygen atoms in total. The average Bonchev–Trinajstić information content (AvgIpc) is 2.68. The van der Waals surface area contributed by atoms with E-state index in [9.17, 15) is 4.79 Å². The van der Waals surface area contributed by atoms with E-state index < -0.39 is 0 Å². The summed E-state index contributed by atoms with van der Waals surface area (Å²) in [5.74, 6) is 0.122. The lowest BCUT2D eigenvalue weighted by atomic mass is 10.1. The molecular weight excluding hydrogens is 308 g/mol. The standard InChI is InChI=1S/C13H23BrN4O/c1-5-15-10(2)8-12(19)13-11(14)9-16-18(13)7-6-17(3)4/h9-10,15H,5-8H2,1-4H3. The van der Waals surface area contributed by atoms with Gasteiger partial charge in [0, 0.05) is 19.0 Å². The molecule has 0 radical (unpaired) electrons. The van der Waals surface area contributed by atoms with Crippen LogP contribution in [0.4, 0.5) is 0 Å². The molecule has 0 spiro atoms. The second-order valence-corrected chi connectivity index (χ2v) is 5.81. The Balaban J connectivity index is 2.75. The second-order valence-electron chi connectivity index (χ2n) is 4.95. The van der Waals surface area contributed by atoms with Crippen LogP contribution in [0, 0.1) is 0 Å². The normalized spacial score (nSPS) is 12.9. The molecule has 0 saturated heterocycles. The zero-order valence-electron chi connectivity index (χ0n) is 12.1. The minimum Gasteiger partial charge on any atom is -0.314 e. The molecule has 0 saturated carbocycles. The van der Waals surface area contributed by atoms with Gasteiger partial charge in [0.15, 0.2) is 5.78 Å². The Labute approximate surface area is 123 Å². The highest BCUT2D eigenvalue weighted by molar-refractivity contribution is 9.10. The van der Waals surface area contributed by atoms with Gasteiger partial charge in [0.05, 0.1) is 17.2 Å². The molecule has 1 aromatic rings. The molecule has 1 heterocycles. The molecule has 1 N–H and O–H groups in total. The van der Waals surface area contributed by atoms with Gasteiger partial charge in [-0.15, -0.1) is 0 Å². The second kappa shape index (κ2) is 7.77. The lowest BCUT2D eigenvalue weighted by molar-refractivity contribution is 0.0959. The van der Waals surface area contributed by atoms with Crippen LogP contribution in [0.15, 0.2) is 10.7 Å². The first-order valence-electron chi connectivity index (χ1n) is 6.58. The van der Waals surface area contributed by atoms with Crippen molar-refractivity contribution >= 4 is 21.7 Å². The van der Waals surface area contributed by atoms with Gasteiger partial charge in [-0.05, 0) is 43.5 Å². The van der Waals surface area contributed by atoms with Crippen LogP contribution in [0.25, 0.3) is 0 Å². The van der Waals surface area contributed by atoms with E-state index in [0.29, 0.717) is 12.1 Å². The van der Waals surface area contributed by atoms with Crippen molar-refractivity contribution in [1.82, 2.24) is 20.0 Å². The van der Waals surface area contributed by atoms with Gasteiger partial charge in [0.25, 0.3) is 0 Å². The molecule has 6 heteroatoms. The number of aromatic nitrogens is 2. The Morgan fingerprint density at radius 1 is 1.58 bits per heavy atom. The summed E-state index contributed by atoms with van der Waals surface area (Å²) in [6.07, 6.45) is 2.18. The van der Waals surface area contributed by atoms with E-state index in [2.05, 4.69) is 31.2 Å². The number of rotatable bonds is 8. The monoisotopic (exact) mass is 330 g/mol. The molecule has 0 aliphatic rings. The summed E-state index contributed by atoms with van der Waals surface area (Å²) in [4.78, 5) is 14.4. The van der Waals surface area contributed by atoms with Crippen molar-refractivity contribution in [2.45, 2.75) is 32.9 Å². The van der Waals surface area contributed by atoms with Gasteiger partial charge in [-0.2, -0.15) is 5.10 Å². The van der Waals surface area contributed by atoms with Crippen LogP contribution in [0.1, 0.15) is 30.8 Å². The highest BCUT2D eigenvalue weighted by Gasteiger charge is 2.19. The van der Waals surface area contributed by atoms with E-state index in [0.717, 1.165) is 24.1 Å². The lowest BCUT2D eigenvalue weighted by Crippen LogP contribution is -2.29. The first kappa shape index (κ1) is 16.3. The summed E-state index contributed by atoms with van der Waals surface area (Å²) in [6.45, 7) is 6.51. The van der Waals surface area contributed by atoms with Crippen molar-refractivity contribution in [3.8, 4) is 0 Å². The third-order valence-electron chi connectivity index (χ3n) is 2.86. The highest BCUT2D eigenvalue weighted by Crippen LogP contribution is 2.18. The van der Waals surface area contributed by atoms with Crippen molar-refractivity contribution in [2.24, 2.45) is 0 Å². The molecule has 1 rings (SSSR count). The van der Waals surface area contributed by atoms with Gasteiger partial charge in [0.2, 0.25) is 0 Å². The fourth-order valence-corrected chi connectivity index (χ4v) is 2.42. The number of carbonyl (C=O) groups excluding carboxylic acids is 1. The molecular formula is C13H23BrN4O. The maximum Gasteiger partial charge on any atom is 0.183 e. The number of hydrogen-bond donors (Lipinski definition) is 1. The summed E-state index contributed by atoms with van der Waals surface area (Å²) in [5, 5.41) is 7.52. The quantitative estimate of drug-likeness (QED) is 0.738. The molecule has 0 fully saturated rings. The minimum atomic E-state index is 0.122. The number of ketones is 1. The Bertz CT molecular complexity index is 417. The summed E-state index contributed by atoms with van der Waals surface area (Å²) in [6, 6.07) is 0.182. The van der Waals surface area contributed by atoms with E-state index in [4.69, 9.17) is 0 Å². The van der Waals surface area contributed by atoms with Crippen LogP contribution in [0.3, 0.4) is 0 Å². The fraction of sp³-hybridized carbons (Fsp3) is 0.692. The average molecular weight is 331 g/mol. The molecule has 0 aromatic carbocycles. The van der Waals surface area contributed by atoms with Gasteiger partial charge in [0.1, 0.15) is 5.69 Å². The maximum absolute atomic E-state index is 12.3. The van der Waals surface area contributed by atoms with Gasteiger partial charge < -0.3 is 10.2 Å². The SMILES string of the molecule is CCNC(C)CC(=O)c1c(Br)cnn1CCN(C)C. The van der Waals surface area contributed by atoms with Gasteiger partial charge >= 0.3 is 0 Å². The van der Waals surface area contributed by atoms with Crippen molar-refractivity contribution < 1.29 is 4.79 Å². The number of carbonyl (C=O) groups is 1. The molecule has 108 valence electrons. The van der Waals surface area contributed by atoms with Crippen molar-refractivity contribution in [1.29, 1.82) is 0 Å². The van der Waals surface area contributed by atoms with Crippen LogP contribution in [0.5, 0.6) is 0 Å². The summed E-state index contributed by atoms with van der Waals surface area (Å²) >= 11 is 3.42. The predicted octanol–water partition coefficient (Wildman–Crippen LogP) is 1.78. The third kappa shape index (κ3) is 5.04. The molecule has 1 unspecified atom stereocenters. The topological polar surface area (TPSA) is 50.2 Å². The van der Waals surface area contributed by atoms with E-state index in [1.807, 2.05) is 27.9 Å². The maximum atomic E-state index is 12.3. The number of halogens is 1. The molecule has 0 aliphatic heterocycles. The third-order valence-corrected chi connectivity index (χ3v) is 3.44. The zero-order chi connectivity index (χ0) is 14.4. The molecule has 0 bridgehead atoms. The van der Waals surface area contributed by atoms with E-state index >= 15 is 0 Å². The first-order valence-corrected chi connectivity index (χ1v) is 7.37. The molecule has 1 atom stereocenters. The number of Topliss-reactive ketones (excluding diaryl/α,β-unsaturated/α-hetero) is 1. The van der Waals surface area contributed by atoms with E-state index in [1.54, 1.807) is 10.9 Å². The zero-order valence-corrected chi connectivity index (χ0v) is 13.7. The number of nitrogens with zero attached hydrogens (tertiary/aromatic N) is 3. The molecule has 19 heavy (non-hydrogen) atoms. The van der Waals surface area contributed by atoms with Crippen LogP contribution in [-0.4, -0.2) is 53.7 Å². The van der Waals surface area contributed by atoms with Gasteiger partial charge in [-0.25, -0.2) is 0 Å². The van der Waals surface area contributed by atoms with Crippen LogP contribution < -0.4 is 5.32 Å². The molecule has 0 aliphatic carbocycles. The van der Waals surface area contributed by atoms with E-state index in [1.165, 1.54) is 0 Å². The Hall–Kier alpha value is -0.720. The van der Waals surface area contributed by atoms with Crippen LogP contribution in [0.2, 0.25) is 0 Å². The van der Waals surface area contributed by atoms with Crippen molar-refractivity contribution in [3.63, 3.8) is 0 Å². The largest absolute Gasteiger partial charge is 0.314 e. The number of hydrogen-bond acceptors (Lipinski definition) is 4. The minimum absolute atomic E-state index is 0.122. The first-order chi connectivity index (χ1) is 8.95. The number of nitrogens with one attached hydrogen (secondary N) is 1. The van der Waals surface area contributed by atoms with Gasteiger partial charge in [-0.1, -0.05) is 6.92 Å². The fourth-order valence-electron chi connectivity index (χ4n) is 1.90. The Morgan fingerprint density at radius 3 is 2.84 bits per heavy atom. The Morgan fingerprint density at radius 2 is 2.26 bits per heavy atom.